The van der Waals surface area contributed by atoms with Crippen LogP contribution in [0.2, 0.25) is 0 Å². The van der Waals surface area contributed by atoms with Crippen molar-refractivity contribution in [2.75, 3.05) is 23.3 Å². The molecule has 1 aromatic heterocycles. The van der Waals surface area contributed by atoms with Gasteiger partial charge < -0.3 is 10.2 Å². The summed E-state index contributed by atoms with van der Waals surface area (Å²) in [4.78, 5) is 20.8. The molecule has 1 amide bonds. The van der Waals surface area contributed by atoms with E-state index in [1.54, 1.807) is 0 Å². The second-order valence-corrected chi connectivity index (χ2v) is 9.50. The van der Waals surface area contributed by atoms with Crippen molar-refractivity contribution in [3.05, 3.63) is 65.7 Å². The summed E-state index contributed by atoms with van der Waals surface area (Å²) in [5.41, 5.74) is 4.19. The van der Waals surface area contributed by atoms with Crippen LogP contribution in [0.4, 0.5) is 11.5 Å². The van der Waals surface area contributed by atoms with Gasteiger partial charge in [-0.05, 0) is 80.3 Å². The predicted octanol–water partition coefficient (Wildman–Crippen LogP) is 6.45. The third kappa shape index (κ3) is 4.36. The number of carbonyl (C=O) groups excluding carboxylic acids is 1. The molecule has 0 radical (unpaired) electrons. The molecular formula is C28H33N3O. The molecule has 1 saturated carbocycles. The summed E-state index contributed by atoms with van der Waals surface area (Å²) in [7, 11) is 0. The number of piperidine rings is 1. The monoisotopic (exact) mass is 427 g/mol. The molecule has 0 bridgehead atoms. The van der Waals surface area contributed by atoms with Crippen molar-refractivity contribution in [2.45, 2.75) is 57.8 Å². The van der Waals surface area contributed by atoms with Crippen LogP contribution in [0.15, 0.2) is 54.6 Å². The number of anilines is 2. The molecule has 1 unspecified atom stereocenters. The fourth-order valence-electron chi connectivity index (χ4n) is 5.55. The summed E-state index contributed by atoms with van der Waals surface area (Å²) in [6.45, 7) is 4.33. The van der Waals surface area contributed by atoms with Crippen LogP contribution in [0.1, 0.15) is 62.0 Å². The summed E-state index contributed by atoms with van der Waals surface area (Å²) in [6.07, 6.45) is 8.51. The number of benzene rings is 2. The molecule has 1 aliphatic carbocycles. The van der Waals surface area contributed by atoms with Crippen LogP contribution >= 0.6 is 0 Å². The van der Waals surface area contributed by atoms with Gasteiger partial charge in [0.1, 0.15) is 5.82 Å². The fraction of sp³-hybridized carbons (Fsp3) is 0.429. The summed E-state index contributed by atoms with van der Waals surface area (Å²) < 4.78 is 0. The highest BCUT2D eigenvalue weighted by Crippen LogP contribution is 2.38. The molecule has 2 heterocycles. The Kier molecular flexibility index (Phi) is 6.11. The zero-order chi connectivity index (χ0) is 21.9. The van der Waals surface area contributed by atoms with Crippen molar-refractivity contribution < 1.29 is 4.79 Å². The summed E-state index contributed by atoms with van der Waals surface area (Å²) >= 11 is 0. The van der Waals surface area contributed by atoms with Crippen LogP contribution in [-0.4, -0.2) is 24.0 Å². The van der Waals surface area contributed by atoms with Gasteiger partial charge in [0.05, 0.1) is 11.4 Å². The van der Waals surface area contributed by atoms with Crippen LogP contribution in [0.25, 0.3) is 10.9 Å². The molecule has 5 rings (SSSR count). The van der Waals surface area contributed by atoms with E-state index in [1.165, 1.54) is 37.7 Å². The van der Waals surface area contributed by atoms with E-state index < -0.39 is 0 Å². The molecule has 1 atom stereocenters. The minimum atomic E-state index is -0.0879. The highest BCUT2D eigenvalue weighted by Gasteiger charge is 2.32. The fourth-order valence-corrected chi connectivity index (χ4v) is 5.55. The lowest BCUT2D eigenvalue weighted by Crippen LogP contribution is -2.30. The minimum absolute atomic E-state index is 0.0879. The third-order valence-corrected chi connectivity index (χ3v) is 7.26. The van der Waals surface area contributed by atoms with Crippen LogP contribution in [0, 0.1) is 12.8 Å². The lowest BCUT2D eigenvalue weighted by molar-refractivity contribution is -0.118. The van der Waals surface area contributed by atoms with Gasteiger partial charge in [0.2, 0.25) is 5.91 Å². The largest absolute Gasteiger partial charge is 0.357 e. The molecule has 32 heavy (non-hydrogen) atoms. The number of carbonyl (C=O) groups is 1. The maximum Gasteiger partial charge on any atom is 0.232 e. The zero-order valence-corrected chi connectivity index (χ0v) is 19.0. The molecule has 4 heteroatoms. The van der Waals surface area contributed by atoms with Gasteiger partial charge in [-0.15, -0.1) is 0 Å². The van der Waals surface area contributed by atoms with Crippen LogP contribution < -0.4 is 10.2 Å². The molecule has 1 aliphatic heterocycles. The number of nitrogens with one attached hydrogen (secondary N) is 1. The van der Waals surface area contributed by atoms with Crippen molar-refractivity contribution in [1.82, 2.24) is 4.98 Å². The molecular weight excluding hydrogens is 394 g/mol. The topological polar surface area (TPSA) is 45.2 Å². The molecule has 2 aromatic carbocycles. The molecule has 1 saturated heterocycles. The molecule has 2 fully saturated rings. The number of fused-ring (bicyclic) bond motifs is 1. The normalized spacial score (nSPS) is 18.1. The first-order valence-corrected chi connectivity index (χ1v) is 12.2. The van der Waals surface area contributed by atoms with Crippen molar-refractivity contribution in [2.24, 2.45) is 5.92 Å². The van der Waals surface area contributed by atoms with E-state index in [0.29, 0.717) is 5.92 Å². The second-order valence-electron chi connectivity index (χ2n) is 9.50. The molecule has 166 valence electrons. The lowest BCUT2D eigenvalue weighted by atomic mass is 9.84. The Morgan fingerprint density at radius 3 is 2.47 bits per heavy atom. The Labute approximate surface area is 191 Å². The van der Waals surface area contributed by atoms with E-state index in [0.717, 1.165) is 53.9 Å². The summed E-state index contributed by atoms with van der Waals surface area (Å²) in [6, 6.07) is 18.6. The van der Waals surface area contributed by atoms with Gasteiger partial charge in [-0.2, -0.15) is 0 Å². The van der Waals surface area contributed by atoms with Gasteiger partial charge in [0.25, 0.3) is 0 Å². The van der Waals surface area contributed by atoms with Crippen molar-refractivity contribution in [3.63, 3.8) is 0 Å². The smallest absolute Gasteiger partial charge is 0.232 e. The summed E-state index contributed by atoms with van der Waals surface area (Å²) in [5, 5.41) is 4.35. The average Bonchev–Trinajstić information content (AvgIpc) is 3.35. The zero-order valence-electron chi connectivity index (χ0n) is 19.0. The van der Waals surface area contributed by atoms with Crippen LogP contribution in [0.5, 0.6) is 0 Å². The Morgan fingerprint density at radius 1 is 0.969 bits per heavy atom. The van der Waals surface area contributed by atoms with Gasteiger partial charge in [-0.1, -0.05) is 43.2 Å². The Balaban J connectivity index is 1.40. The highest BCUT2D eigenvalue weighted by molar-refractivity contribution is 5.98. The Morgan fingerprint density at radius 2 is 1.72 bits per heavy atom. The van der Waals surface area contributed by atoms with E-state index >= 15 is 0 Å². The third-order valence-electron chi connectivity index (χ3n) is 7.26. The van der Waals surface area contributed by atoms with E-state index in [9.17, 15) is 4.79 Å². The van der Waals surface area contributed by atoms with Crippen LogP contribution in [0.3, 0.4) is 0 Å². The van der Waals surface area contributed by atoms with Gasteiger partial charge >= 0.3 is 0 Å². The minimum Gasteiger partial charge on any atom is -0.357 e. The number of aromatic nitrogens is 1. The second kappa shape index (κ2) is 9.32. The molecule has 1 N–H and O–H groups in total. The molecule has 2 aliphatic rings. The van der Waals surface area contributed by atoms with Crippen molar-refractivity contribution >= 4 is 28.3 Å². The average molecular weight is 428 g/mol. The van der Waals surface area contributed by atoms with Crippen molar-refractivity contribution in [1.29, 1.82) is 0 Å². The maximum atomic E-state index is 13.4. The lowest BCUT2D eigenvalue weighted by Gasteiger charge is -2.28. The standard InChI is InChI=1S/C28H33N3O/c1-20-18-26(31-16-8-3-9-17-31)30-25-15-14-23(19-24(20)25)29-28(32)27(22-12-6-7-13-22)21-10-4-2-5-11-21/h2,4-5,10-11,14-15,18-19,22,27H,3,6-9,12-13,16-17H2,1H3,(H,29,32). The molecule has 0 spiro atoms. The number of hydrogen-bond donors (Lipinski definition) is 1. The van der Waals surface area contributed by atoms with E-state index in [2.05, 4.69) is 47.5 Å². The summed E-state index contributed by atoms with van der Waals surface area (Å²) in [5.74, 6) is 1.53. The first-order valence-electron chi connectivity index (χ1n) is 12.2. The van der Waals surface area contributed by atoms with Gasteiger partial charge in [0, 0.05) is 24.2 Å². The number of hydrogen-bond acceptors (Lipinski definition) is 3. The maximum absolute atomic E-state index is 13.4. The SMILES string of the molecule is Cc1cc(N2CCCCC2)nc2ccc(NC(=O)C(c3ccccc3)C3CCCC3)cc12. The van der Waals surface area contributed by atoms with E-state index in [1.807, 2.05) is 24.3 Å². The van der Waals surface area contributed by atoms with Gasteiger partial charge in [-0.3, -0.25) is 4.79 Å². The van der Waals surface area contributed by atoms with E-state index in [-0.39, 0.29) is 11.8 Å². The first kappa shape index (κ1) is 21.0. The van der Waals surface area contributed by atoms with Crippen molar-refractivity contribution in [3.8, 4) is 0 Å². The quantitative estimate of drug-likeness (QED) is 0.509. The molecule has 4 nitrogen and oxygen atoms in total. The number of amides is 1. The molecule has 3 aromatic rings. The highest BCUT2D eigenvalue weighted by atomic mass is 16.1. The van der Waals surface area contributed by atoms with Gasteiger partial charge in [-0.25, -0.2) is 4.98 Å². The first-order chi connectivity index (χ1) is 15.7. The number of nitrogens with zero attached hydrogens (tertiary/aromatic N) is 2. The van der Waals surface area contributed by atoms with Crippen LogP contribution in [-0.2, 0) is 4.79 Å². The number of pyridine rings is 1. The predicted molar refractivity (Wildman–Crippen MR) is 132 cm³/mol. The Hall–Kier alpha value is -2.88. The number of rotatable bonds is 5. The van der Waals surface area contributed by atoms with E-state index in [4.69, 9.17) is 4.98 Å². The van der Waals surface area contributed by atoms with Gasteiger partial charge in [0.15, 0.2) is 0 Å². The Bertz CT molecular complexity index is 1080. The number of aryl methyl sites for hydroxylation is 1.